The number of methoxy groups -OCH3 is 2. The van der Waals surface area contributed by atoms with E-state index < -0.39 is 0 Å². The Hall–Kier alpha value is -1.53. The van der Waals surface area contributed by atoms with Gasteiger partial charge in [-0.05, 0) is 24.6 Å². The smallest absolute Gasteiger partial charge is 0.266 e. The van der Waals surface area contributed by atoms with Gasteiger partial charge in [0.25, 0.3) is 5.91 Å². The summed E-state index contributed by atoms with van der Waals surface area (Å²) < 4.78 is 11.2. The number of amides is 1. The van der Waals surface area contributed by atoms with Gasteiger partial charge in [0.1, 0.15) is 15.8 Å². The maximum Gasteiger partial charge on any atom is 0.266 e. The number of nitrogens with zero attached hydrogens (tertiary/aromatic N) is 1. The molecule has 6 heteroatoms. The van der Waals surface area contributed by atoms with Crippen molar-refractivity contribution in [3.8, 4) is 11.5 Å². The molecule has 0 saturated carbocycles. The van der Waals surface area contributed by atoms with Gasteiger partial charge in [-0.1, -0.05) is 50.2 Å². The summed E-state index contributed by atoms with van der Waals surface area (Å²) in [7, 11) is 3.21. The zero-order chi connectivity index (χ0) is 17.5. The average Bonchev–Trinajstić information content (AvgIpc) is 2.86. The van der Waals surface area contributed by atoms with Crippen molar-refractivity contribution in [2.45, 2.75) is 32.6 Å². The van der Waals surface area contributed by atoms with E-state index in [9.17, 15) is 4.79 Å². The minimum absolute atomic E-state index is 0.0145. The number of thiocarbonyl (C=S) groups is 1. The monoisotopic (exact) mass is 365 g/mol. The lowest BCUT2D eigenvalue weighted by Gasteiger charge is -2.13. The molecule has 0 spiro atoms. The van der Waals surface area contributed by atoms with Crippen molar-refractivity contribution < 1.29 is 14.3 Å². The van der Waals surface area contributed by atoms with Gasteiger partial charge in [-0.15, -0.1) is 0 Å². The molecule has 1 fully saturated rings. The molecule has 0 unspecified atom stereocenters. The SMILES string of the molecule is CCCCCCN1C(=O)/C(=C/c2ccc(OC)cc2OC)SC1=S. The van der Waals surface area contributed by atoms with E-state index in [-0.39, 0.29) is 5.91 Å². The van der Waals surface area contributed by atoms with Crippen molar-refractivity contribution in [1.29, 1.82) is 0 Å². The first kappa shape index (κ1) is 18.8. The normalized spacial score (nSPS) is 16.1. The molecule has 0 radical (unpaired) electrons. The van der Waals surface area contributed by atoms with Gasteiger partial charge in [-0.25, -0.2) is 0 Å². The summed E-state index contributed by atoms with van der Waals surface area (Å²) in [6.45, 7) is 2.87. The van der Waals surface area contributed by atoms with E-state index in [4.69, 9.17) is 21.7 Å². The maximum atomic E-state index is 12.6. The lowest BCUT2D eigenvalue weighted by molar-refractivity contribution is -0.122. The zero-order valence-electron chi connectivity index (χ0n) is 14.3. The van der Waals surface area contributed by atoms with Gasteiger partial charge in [0.05, 0.1) is 19.1 Å². The van der Waals surface area contributed by atoms with Crippen LogP contribution in [0.4, 0.5) is 0 Å². The van der Waals surface area contributed by atoms with Gasteiger partial charge < -0.3 is 9.47 Å². The Labute approximate surface area is 153 Å². The van der Waals surface area contributed by atoms with Gasteiger partial charge >= 0.3 is 0 Å². The number of ether oxygens (including phenoxy) is 2. The predicted octanol–water partition coefficient (Wildman–Crippen LogP) is 4.49. The van der Waals surface area contributed by atoms with Crippen molar-refractivity contribution in [3.05, 3.63) is 28.7 Å². The Balaban J connectivity index is 2.13. The molecule has 0 aliphatic carbocycles. The Kier molecular flexibility index (Phi) is 7.12. The molecule has 130 valence electrons. The van der Waals surface area contributed by atoms with E-state index in [0.29, 0.717) is 27.3 Å². The van der Waals surface area contributed by atoms with Crippen LogP contribution in [-0.4, -0.2) is 35.9 Å². The molecule has 1 heterocycles. The molecule has 1 amide bonds. The zero-order valence-corrected chi connectivity index (χ0v) is 16.0. The highest BCUT2D eigenvalue weighted by molar-refractivity contribution is 8.26. The third kappa shape index (κ3) is 4.51. The van der Waals surface area contributed by atoms with Crippen LogP contribution in [0.1, 0.15) is 38.2 Å². The Morgan fingerprint density at radius 2 is 2.00 bits per heavy atom. The molecule has 1 aromatic carbocycles. The summed E-state index contributed by atoms with van der Waals surface area (Å²) in [4.78, 5) is 14.9. The standard InChI is InChI=1S/C18H23NO3S2/c1-4-5-6-7-10-19-17(20)16(24-18(19)23)11-13-8-9-14(21-2)12-15(13)22-3/h8-9,11-12H,4-7,10H2,1-3H3/b16-11-. The predicted molar refractivity (Wildman–Crippen MR) is 104 cm³/mol. The molecule has 1 aromatic rings. The first-order chi connectivity index (χ1) is 11.6. The third-order valence-electron chi connectivity index (χ3n) is 3.84. The van der Waals surface area contributed by atoms with Crippen LogP contribution in [0.3, 0.4) is 0 Å². The van der Waals surface area contributed by atoms with Crippen LogP contribution in [0.25, 0.3) is 6.08 Å². The topological polar surface area (TPSA) is 38.8 Å². The molecular weight excluding hydrogens is 342 g/mol. The van der Waals surface area contributed by atoms with Crippen LogP contribution in [-0.2, 0) is 4.79 Å². The second kappa shape index (κ2) is 9.08. The van der Waals surface area contributed by atoms with Gasteiger partial charge in [-0.3, -0.25) is 9.69 Å². The van der Waals surface area contributed by atoms with Crippen LogP contribution in [0, 0.1) is 0 Å². The number of hydrogen-bond acceptors (Lipinski definition) is 5. The summed E-state index contributed by atoms with van der Waals surface area (Å²) in [5.41, 5.74) is 0.838. The highest BCUT2D eigenvalue weighted by atomic mass is 32.2. The minimum atomic E-state index is -0.0145. The second-order valence-electron chi connectivity index (χ2n) is 5.50. The molecule has 0 bridgehead atoms. The molecule has 4 nitrogen and oxygen atoms in total. The van der Waals surface area contributed by atoms with Crippen LogP contribution in [0.15, 0.2) is 23.1 Å². The van der Waals surface area contributed by atoms with Crippen molar-refractivity contribution in [2.75, 3.05) is 20.8 Å². The number of carbonyl (C=O) groups is 1. The van der Waals surface area contributed by atoms with E-state index in [1.165, 1.54) is 24.6 Å². The van der Waals surface area contributed by atoms with Gasteiger partial charge in [-0.2, -0.15) is 0 Å². The van der Waals surface area contributed by atoms with Crippen LogP contribution >= 0.6 is 24.0 Å². The lowest BCUT2D eigenvalue weighted by Crippen LogP contribution is -2.29. The Morgan fingerprint density at radius 1 is 1.21 bits per heavy atom. The number of unbranched alkanes of at least 4 members (excludes halogenated alkanes) is 3. The van der Waals surface area contributed by atoms with Crippen LogP contribution < -0.4 is 9.47 Å². The first-order valence-electron chi connectivity index (χ1n) is 8.08. The van der Waals surface area contributed by atoms with Gasteiger partial charge in [0, 0.05) is 18.2 Å². The van der Waals surface area contributed by atoms with Crippen molar-refractivity contribution >= 4 is 40.3 Å². The summed E-state index contributed by atoms with van der Waals surface area (Å²) >= 11 is 6.72. The number of thioether (sulfide) groups is 1. The van der Waals surface area contributed by atoms with Crippen molar-refractivity contribution in [2.24, 2.45) is 0 Å². The fourth-order valence-electron chi connectivity index (χ4n) is 2.47. The summed E-state index contributed by atoms with van der Waals surface area (Å²) in [5, 5.41) is 0. The largest absolute Gasteiger partial charge is 0.497 e. The highest BCUT2D eigenvalue weighted by Gasteiger charge is 2.31. The summed E-state index contributed by atoms with van der Waals surface area (Å²) in [5.74, 6) is 1.37. The van der Waals surface area contributed by atoms with Crippen molar-refractivity contribution in [1.82, 2.24) is 4.90 Å². The molecule has 1 saturated heterocycles. The fraction of sp³-hybridized carbons (Fsp3) is 0.444. The van der Waals surface area contributed by atoms with Gasteiger partial charge in [0.15, 0.2) is 0 Å². The highest BCUT2D eigenvalue weighted by Crippen LogP contribution is 2.35. The summed E-state index contributed by atoms with van der Waals surface area (Å²) in [6.07, 6.45) is 6.31. The molecule has 2 rings (SSSR count). The average molecular weight is 366 g/mol. The van der Waals surface area contributed by atoms with Crippen molar-refractivity contribution in [3.63, 3.8) is 0 Å². The molecule has 0 aromatic heterocycles. The molecule has 0 atom stereocenters. The molecule has 0 N–H and O–H groups in total. The molecule has 1 aliphatic rings. The number of carbonyl (C=O) groups excluding carboxylic acids is 1. The number of rotatable bonds is 8. The Bertz CT molecular complexity index is 643. The van der Waals surface area contributed by atoms with Crippen LogP contribution in [0.5, 0.6) is 11.5 Å². The van der Waals surface area contributed by atoms with E-state index >= 15 is 0 Å². The minimum Gasteiger partial charge on any atom is -0.497 e. The Morgan fingerprint density at radius 3 is 2.67 bits per heavy atom. The second-order valence-corrected chi connectivity index (χ2v) is 7.18. The lowest BCUT2D eigenvalue weighted by atomic mass is 10.1. The molecular formula is C18H23NO3S2. The molecule has 1 aliphatic heterocycles. The van der Waals surface area contributed by atoms with E-state index in [1.54, 1.807) is 25.2 Å². The fourth-order valence-corrected chi connectivity index (χ4v) is 3.77. The van der Waals surface area contributed by atoms with Gasteiger partial charge in [0.2, 0.25) is 0 Å². The number of hydrogen-bond donors (Lipinski definition) is 0. The third-order valence-corrected chi connectivity index (χ3v) is 5.21. The maximum absolute atomic E-state index is 12.6. The number of benzene rings is 1. The summed E-state index contributed by atoms with van der Waals surface area (Å²) in [6, 6.07) is 5.53. The van der Waals surface area contributed by atoms with Crippen LogP contribution in [0.2, 0.25) is 0 Å². The van der Waals surface area contributed by atoms with E-state index in [0.717, 1.165) is 18.4 Å². The van der Waals surface area contributed by atoms with E-state index in [1.807, 2.05) is 18.2 Å². The molecule has 24 heavy (non-hydrogen) atoms. The first-order valence-corrected chi connectivity index (χ1v) is 9.30. The quantitative estimate of drug-likeness (QED) is 0.386. The van der Waals surface area contributed by atoms with E-state index in [2.05, 4.69) is 6.92 Å².